The maximum atomic E-state index is 12.0. The van der Waals surface area contributed by atoms with Gasteiger partial charge < -0.3 is 9.88 Å². The van der Waals surface area contributed by atoms with E-state index in [-0.39, 0.29) is 11.6 Å². The van der Waals surface area contributed by atoms with Gasteiger partial charge in [0.25, 0.3) is 10.0 Å². The zero-order valence-electron chi connectivity index (χ0n) is 12.1. The lowest BCUT2D eigenvalue weighted by Crippen LogP contribution is -2.31. The molecular formula is C13H18N6O2S. The fourth-order valence-corrected chi connectivity index (χ4v) is 3.28. The fraction of sp³-hybridized carbons (Fsp3) is 0.462. The van der Waals surface area contributed by atoms with Crippen LogP contribution in [-0.4, -0.2) is 41.4 Å². The van der Waals surface area contributed by atoms with Crippen molar-refractivity contribution in [2.24, 2.45) is 0 Å². The van der Waals surface area contributed by atoms with E-state index in [0.29, 0.717) is 5.82 Å². The van der Waals surface area contributed by atoms with Crippen molar-refractivity contribution in [3.8, 4) is 0 Å². The highest BCUT2D eigenvalue weighted by Crippen LogP contribution is 2.17. The van der Waals surface area contributed by atoms with Gasteiger partial charge in [-0.05, 0) is 25.3 Å². The van der Waals surface area contributed by atoms with Crippen molar-refractivity contribution >= 4 is 15.8 Å². The molecule has 0 amide bonds. The number of rotatable bonds is 5. The van der Waals surface area contributed by atoms with Crippen molar-refractivity contribution in [3.05, 3.63) is 30.6 Å². The normalized spacial score (nSPS) is 15.9. The minimum Gasteiger partial charge on any atom is -0.357 e. The van der Waals surface area contributed by atoms with E-state index in [1.807, 2.05) is 6.07 Å². The molecule has 2 aromatic rings. The number of hydrogen-bond donors (Lipinski definition) is 2. The summed E-state index contributed by atoms with van der Waals surface area (Å²) in [6.07, 6.45) is 7.81. The van der Waals surface area contributed by atoms with Crippen molar-refractivity contribution in [3.63, 3.8) is 0 Å². The molecule has 118 valence electrons. The number of aromatic amines is 1. The summed E-state index contributed by atoms with van der Waals surface area (Å²) in [5.74, 6) is 1.30. The van der Waals surface area contributed by atoms with Crippen LogP contribution in [0.3, 0.4) is 0 Å². The first-order valence-electron chi connectivity index (χ1n) is 7.20. The van der Waals surface area contributed by atoms with Gasteiger partial charge in [0.2, 0.25) is 0 Å². The molecule has 0 unspecified atom stereocenters. The van der Waals surface area contributed by atoms with E-state index in [4.69, 9.17) is 0 Å². The summed E-state index contributed by atoms with van der Waals surface area (Å²) in [5, 5.41) is 0.0275. The maximum Gasteiger partial charge on any atom is 0.258 e. The molecule has 3 rings (SSSR count). The van der Waals surface area contributed by atoms with Crippen molar-refractivity contribution in [2.45, 2.75) is 30.8 Å². The zero-order chi connectivity index (χ0) is 15.4. The molecule has 1 saturated heterocycles. The van der Waals surface area contributed by atoms with E-state index >= 15 is 0 Å². The molecule has 0 atom stereocenters. The van der Waals surface area contributed by atoms with Crippen molar-refractivity contribution in [2.75, 3.05) is 18.0 Å². The number of sulfonamides is 1. The van der Waals surface area contributed by atoms with Gasteiger partial charge in [0.1, 0.15) is 11.6 Å². The number of H-pyrrole nitrogens is 1. The van der Waals surface area contributed by atoms with Crippen LogP contribution in [0, 0.1) is 0 Å². The van der Waals surface area contributed by atoms with Crippen LogP contribution in [0.1, 0.15) is 25.1 Å². The Bertz CT molecular complexity index is 710. The first kappa shape index (κ1) is 14.9. The number of piperidine rings is 1. The lowest BCUT2D eigenvalue weighted by molar-refractivity contribution is 0.568. The molecule has 1 aliphatic heterocycles. The highest BCUT2D eigenvalue weighted by molar-refractivity contribution is 7.89. The lowest BCUT2D eigenvalue weighted by Gasteiger charge is -2.27. The molecule has 2 N–H and O–H groups in total. The van der Waals surface area contributed by atoms with Crippen molar-refractivity contribution in [1.82, 2.24) is 24.7 Å². The second kappa shape index (κ2) is 6.41. The highest BCUT2D eigenvalue weighted by Gasteiger charge is 2.17. The molecule has 1 fully saturated rings. The average molecular weight is 322 g/mol. The monoisotopic (exact) mass is 322 g/mol. The molecule has 9 heteroatoms. The van der Waals surface area contributed by atoms with Crippen molar-refractivity contribution in [1.29, 1.82) is 0 Å². The lowest BCUT2D eigenvalue weighted by atomic mass is 10.1. The standard InChI is InChI=1S/C13H18N6O2S/c20-22(21,13-9-14-10-16-13)17-8-11-15-5-4-12(18-11)19-6-2-1-3-7-19/h4-5,9-10,17H,1-3,6-8H2,(H,14,16). The third-order valence-electron chi connectivity index (χ3n) is 3.55. The second-order valence-corrected chi connectivity index (χ2v) is 6.85. The maximum absolute atomic E-state index is 12.0. The van der Waals surface area contributed by atoms with Crippen LogP contribution < -0.4 is 9.62 Å². The Labute approximate surface area is 129 Å². The Kier molecular flexibility index (Phi) is 4.34. The number of nitrogens with zero attached hydrogens (tertiary/aromatic N) is 4. The second-order valence-electron chi connectivity index (χ2n) is 5.12. The molecule has 0 aromatic carbocycles. The van der Waals surface area contributed by atoms with E-state index in [0.717, 1.165) is 31.7 Å². The molecule has 2 aromatic heterocycles. The van der Waals surface area contributed by atoms with Crippen LogP contribution >= 0.6 is 0 Å². The Morgan fingerprint density at radius 3 is 2.82 bits per heavy atom. The van der Waals surface area contributed by atoms with Gasteiger partial charge in [-0.1, -0.05) is 0 Å². The predicted octanol–water partition coefficient (Wildman–Crippen LogP) is 0.668. The fourth-order valence-electron chi connectivity index (χ4n) is 2.40. The van der Waals surface area contributed by atoms with Gasteiger partial charge in [0.15, 0.2) is 5.03 Å². The van der Waals surface area contributed by atoms with Gasteiger partial charge >= 0.3 is 0 Å². The molecule has 0 bridgehead atoms. The third kappa shape index (κ3) is 3.42. The molecule has 3 heterocycles. The molecule has 0 saturated carbocycles. The Morgan fingerprint density at radius 2 is 2.09 bits per heavy atom. The van der Waals surface area contributed by atoms with Gasteiger partial charge in [-0.3, -0.25) is 0 Å². The first-order valence-corrected chi connectivity index (χ1v) is 8.68. The predicted molar refractivity (Wildman–Crippen MR) is 80.7 cm³/mol. The summed E-state index contributed by atoms with van der Waals surface area (Å²) in [5.41, 5.74) is 0. The summed E-state index contributed by atoms with van der Waals surface area (Å²) >= 11 is 0. The smallest absolute Gasteiger partial charge is 0.258 e. The minimum atomic E-state index is -3.61. The number of nitrogens with one attached hydrogen (secondary N) is 2. The van der Waals surface area contributed by atoms with E-state index < -0.39 is 10.0 Å². The summed E-state index contributed by atoms with van der Waals surface area (Å²) in [4.78, 5) is 17.0. The van der Waals surface area contributed by atoms with Crippen LogP contribution in [0.2, 0.25) is 0 Å². The first-order chi connectivity index (χ1) is 10.6. The van der Waals surface area contributed by atoms with E-state index in [1.165, 1.54) is 18.9 Å². The number of anilines is 1. The van der Waals surface area contributed by atoms with Crippen LogP contribution in [-0.2, 0) is 16.6 Å². The molecule has 8 nitrogen and oxygen atoms in total. The molecule has 22 heavy (non-hydrogen) atoms. The van der Waals surface area contributed by atoms with Gasteiger partial charge in [-0.15, -0.1) is 0 Å². The summed E-state index contributed by atoms with van der Waals surface area (Å²) < 4.78 is 26.5. The third-order valence-corrected chi connectivity index (χ3v) is 4.88. The SMILES string of the molecule is O=S(=O)(NCc1nccc(N2CCCCC2)n1)c1cnc[nH]1. The van der Waals surface area contributed by atoms with E-state index in [9.17, 15) is 8.42 Å². The number of imidazole rings is 1. The minimum absolute atomic E-state index is 0.0275. The quantitative estimate of drug-likeness (QED) is 0.838. The molecule has 0 radical (unpaired) electrons. The molecule has 1 aliphatic rings. The van der Waals surface area contributed by atoms with Gasteiger partial charge in [-0.25, -0.2) is 28.1 Å². The topological polar surface area (TPSA) is 104 Å². The van der Waals surface area contributed by atoms with Gasteiger partial charge in [-0.2, -0.15) is 0 Å². The van der Waals surface area contributed by atoms with E-state index in [1.54, 1.807) is 6.20 Å². The van der Waals surface area contributed by atoms with Crippen LogP contribution in [0.15, 0.2) is 29.8 Å². The van der Waals surface area contributed by atoms with Crippen molar-refractivity contribution < 1.29 is 8.42 Å². The summed E-state index contributed by atoms with van der Waals surface area (Å²) in [6.45, 7) is 2.01. The average Bonchev–Trinajstić information content (AvgIpc) is 3.10. The largest absolute Gasteiger partial charge is 0.357 e. The Morgan fingerprint density at radius 1 is 1.27 bits per heavy atom. The molecular weight excluding hydrogens is 304 g/mol. The van der Waals surface area contributed by atoms with Crippen LogP contribution in [0.4, 0.5) is 5.82 Å². The van der Waals surface area contributed by atoms with Gasteiger partial charge in [0, 0.05) is 19.3 Å². The Hall–Kier alpha value is -2.00. The zero-order valence-corrected chi connectivity index (χ0v) is 12.9. The summed E-state index contributed by atoms with van der Waals surface area (Å²) in [7, 11) is -3.61. The van der Waals surface area contributed by atoms with Gasteiger partial charge in [0.05, 0.1) is 19.1 Å². The van der Waals surface area contributed by atoms with E-state index in [2.05, 4.69) is 29.6 Å². The molecule has 0 aliphatic carbocycles. The number of hydrogen-bond acceptors (Lipinski definition) is 6. The molecule has 0 spiro atoms. The summed E-state index contributed by atoms with van der Waals surface area (Å²) in [6, 6.07) is 1.86. The Balaban J connectivity index is 1.68. The van der Waals surface area contributed by atoms with Crippen LogP contribution in [0.5, 0.6) is 0 Å². The number of aromatic nitrogens is 4. The van der Waals surface area contributed by atoms with Crippen LogP contribution in [0.25, 0.3) is 0 Å². The highest BCUT2D eigenvalue weighted by atomic mass is 32.2.